The fraction of sp³-hybridized carbons (Fsp3) is 0. The predicted octanol–water partition coefficient (Wildman–Crippen LogP) is 1.95. The third-order valence-corrected chi connectivity index (χ3v) is 3.48. The summed E-state index contributed by atoms with van der Waals surface area (Å²) in [6.07, 6.45) is 0. The average molecular weight is 297 g/mol. The molecule has 0 unspecified atom stereocenters. The molecular weight excluding hydrogens is 294 g/mol. The smallest absolute Gasteiger partial charge is 0.265 e. The first-order valence-corrected chi connectivity index (χ1v) is 6.34. The lowest BCUT2D eigenvalue weighted by atomic mass is 10.2. The van der Waals surface area contributed by atoms with E-state index in [2.05, 4.69) is 15.9 Å². The number of rotatable bonds is 1. The molecule has 0 radical (unpaired) electrons. The summed E-state index contributed by atoms with van der Waals surface area (Å²) < 4.78 is 22.1. The van der Waals surface area contributed by atoms with Gasteiger partial charge in [-0.3, -0.25) is 0 Å². The highest BCUT2D eigenvalue weighted by atomic mass is 79.9. The number of nitriles is 1. The molecule has 1 aromatic rings. The maximum Gasteiger partial charge on any atom is 0.265 e. The number of aromatic hydroxyl groups is 1. The largest absolute Gasteiger partial charge is 0.505 e. The van der Waals surface area contributed by atoms with Gasteiger partial charge in [0.1, 0.15) is 16.5 Å². The summed E-state index contributed by atoms with van der Waals surface area (Å²) in [7, 11) is 1.00. The van der Waals surface area contributed by atoms with Crippen molar-refractivity contribution in [1.29, 1.82) is 5.26 Å². The number of hydrogen-bond donors (Lipinski definition) is 1. The molecule has 0 saturated carbocycles. The minimum atomic E-state index is -4.03. The van der Waals surface area contributed by atoms with Crippen LogP contribution < -0.4 is 0 Å². The normalized spacial score (nSPS) is 10.9. The molecule has 0 aliphatic carbocycles. The van der Waals surface area contributed by atoms with E-state index in [9.17, 15) is 13.5 Å². The third-order valence-electron chi connectivity index (χ3n) is 1.46. The lowest BCUT2D eigenvalue weighted by molar-refractivity contribution is 0.457. The quantitative estimate of drug-likeness (QED) is 0.804. The molecule has 1 N–H and O–H groups in total. The van der Waals surface area contributed by atoms with Crippen molar-refractivity contribution in [2.45, 2.75) is 4.90 Å². The first-order valence-electron chi connectivity index (χ1n) is 3.24. The van der Waals surface area contributed by atoms with E-state index in [4.69, 9.17) is 15.9 Å². The van der Waals surface area contributed by atoms with Gasteiger partial charge in [-0.15, -0.1) is 0 Å². The van der Waals surface area contributed by atoms with Crippen LogP contribution >= 0.6 is 26.6 Å². The summed E-state index contributed by atoms with van der Waals surface area (Å²) in [4.78, 5) is -0.473. The van der Waals surface area contributed by atoms with Gasteiger partial charge in [0.15, 0.2) is 5.75 Å². The Morgan fingerprint density at radius 3 is 2.50 bits per heavy atom. The van der Waals surface area contributed by atoms with Crippen LogP contribution in [0.2, 0.25) is 0 Å². The second-order valence-electron chi connectivity index (χ2n) is 2.32. The first-order chi connectivity index (χ1) is 6.38. The average Bonchev–Trinajstić information content (AvgIpc) is 2.02. The lowest BCUT2D eigenvalue weighted by Gasteiger charge is -2.03. The zero-order valence-corrected chi connectivity index (χ0v) is 9.69. The Hall–Kier alpha value is -0.770. The van der Waals surface area contributed by atoms with E-state index in [1.165, 1.54) is 6.07 Å². The van der Waals surface area contributed by atoms with Crippen molar-refractivity contribution in [2.75, 3.05) is 0 Å². The molecule has 7 heteroatoms. The van der Waals surface area contributed by atoms with E-state index in [1.807, 2.05) is 0 Å². The Morgan fingerprint density at radius 1 is 1.50 bits per heavy atom. The van der Waals surface area contributed by atoms with Crippen molar-refractivity contribution >= 4 is 35.7 Å². The molecule has 0 atom stereocenters. The van der Waals surface area contributed by atoms with Crippen molar-refractivity contribution in [2.24, 2.45) is 0 Å². The monoisotopic (exact) mass is 295 g/mol. The van der Waals surface area contributed by atoms with Gasteiger partial charge >= 0.3 is 0 Å². The Morgan fingerprint density at radius 2 is 2.07 bits per heavy atom. The zero-order chi connectivity index (χ0) is 10.9. The standard InChI is InChI=1S/C7H3BrClNO3S/c8-5-1-2-6(14(9,12)13)7(11)4(5)3-10/h1-2,11H. The van der Waals surface area contributed by atoms with Gasteiger partial charge < -0.3 is 5.11 Å². The maximum atomic E-state index is 10.9. The fourth-order valence-electron chi connectivity index (χ4n) is 0.851. The van der Waals surface area contributed by atoms with Crippen LogP contribution in [0.4, 0.5) is 0 Å². The lowest BCUT2D eigenvalue weighted by Crippen LogP contribution is -1.93. The number of hydrogen-bond acceptors (Lipinski definition) is 4. The summed E-state index contributed by atoms with van der Waals surface area (Å²) in [5, 5.41) is 18.0. The number of benzene rings is 1. The maximum absolute atomic E-state index is 10.9. The van der Waals surface area contributed by atoms with Crippen molar-refractivity contribution in [1.82, 2.24) is 0 Å². The molecule has 4 nitrogen and oxygen atoms in total. The second kappa shape index (κ2) is 3.77. The van der Waals surface area contributed by atoms with Crippen LogP contribution in [-0.4, -0.2) is 13.5 Å². The van der Waals surface area contributed by atoms with E-state index in [1.54, 1.807) is 6.07 Å². The van der Waals surface area contributed by atoms with Crippen LogP contribution in [0.5, 0.6) is 5.75 Å². The van der Waals surface area contributed by atoms with E-state index >= 15 is 0 Å². The van der Waals surface area contributed by atoms with Crippen molar-refractivity contribution in [3.8, 4) is 11.8 Å². The molecule has 0 saturated heterocycles. The van der Waals surface area contributed by atoms with Crippen molar-refractivity contribution in [3.63, 3.8) is 0 Å². The summed E-state index contributed by atoms with van der Waals surface area (Å²) in [5.74, 6) is -0.642. The summed E-state index contributed by atoms with van der Waals surface area (Å²) in [5.41, 5.74) is -0.160. The van der Waals surface area contributed by atoms with Crippen LogP contribution in [-0.2, 0) is 9.05 Å². The minimum Gasteiger partial charge on any atom is -0.505 e. The van der Waals surface area contributed by atoms with Gasteiger partial charge in [-0.05, 0) is 28.1 Å². The molecule has 1 aromatic carbocycles. The SMILES string of the molecule is N#Cc1c(Br)ccc(S(=O)(=O)Cl)c1O. The molecule has 0 spiro atoms. The van der Waals surface area contributed by atoms with Crippen LogP contribution in [0.1, 0.15) is 5.56 Å². The molecule has 0 aromatic heterocycles. The predicted molar refractivity (Wildman–Crippen MR) is 53.6 cm³/mol. The molecule has 0 fully saturated rings. The Labute approximate surface area is 93.3 Å². The van der Waals surface area contributed by atoms with Crippen molar-refractivity contribution < 1.29 is 13.5 Å². The molecule has 0 aliphatic rings. The molecule has 1 rings (SSSR count). The molecule has 14 heavy (non-hydrogen) atoms. The van der Waals surface area contributed by atoms with E-state index in [0.29, 0.717) is 4.47 Å². The van der Waals surface area contributed by atoms with Gasteiger partial charge in [0.2, 0.25) is 0 Å². The van der Waals surface area contributed by atoms with Gasteiger partial charge in [0.25, 0.3) is 9.05 Å². The Balaban J connectivity index is 3.62. The van der Waals surface area contributed by atoms with E-state index in [-0.39, 0.29) is 5.56 Å². The molecule has 74 valence electrons. The minimum absolute atomic E-state index is 0.160. The number of nitrogens with zero attached hydrogens (tertiary/aromatic N) is 1. The molecule has 0 heterocycles. The van der Waals surface area contributed by atoms with Gasteiger partial charge in [-0.1, -0.05) is 0 Å². The number of halogens is 2. The first kappa shape index (κ1) is 11.3. The van der Waals surface area contributed by atoms with Gasteiger partial charge in [-0.25, -0.2) is 8.42 Å². The van der Waals surface area contributed by atoms with Crippen molar-refractivity contribution in [3.05, 3.63) is 22.2 Å². The highest BCUT2D eigenvalue weighted by Crippen LogP contribution is 2.33. The highest BCUT2D eigenvalue weighted by Gasteiger charge is 2.19. The van der Waals surface area contributed by atoms with Crippen LogP contribution in [0.25, 0.3) is 0 Å². The highest BCUT2D eigenvalue weighted by molar-refractivity contribution is 9.10. The molecule has 0 aliphatic heterocycles. The Bertz CT molecular complexity index is 520. The summed E-state index contributed by atoms with van der Waals surface area (Å²) >= 11 is 2.99. The van der Waals surface area contributed by atoms with Gasteiger partial charge in [-0.2, -0.15) is 5.26 Å². The topological polar surface area (TPSA) is 78.2 Å². The number of phenols is 1. The van der Waals surface area contributed by atoms with E-state index in [0.717, 1.165) is 6.07 Å². The molecule has 0 bridgehead atoms. The molecule has 0 amide bonds. The summed E-state index contributed by atoms with van der Waals surface area (Å²) in [6, 6.07) is 4.10. The summed E-state index contributed by atoms with van der Waals surface area (Å²) in [6.45, 7) is 0. The second-order valence-corrected chi connectivity index (χ2v) is 5.71. The fourth-order valence-corrected chi connectivity index (χ4v) is 2.20. The molecular formula is C7H3BrClNO3S. The van der Waals surface area contributed by atoms with E-state index < -0.39 is 19.7 Å². The Kier molecular flexibility index (Phi) is 3.04. The third kappa shape index (κ3) is 2.00. The van der Waals surface area contributed by atoms with Gasteiger partial charge in [0.05, 0.1) is 0 Å². The van der Waals surface area contributed by atoms with Gasteiger partial charge in [0, 0.05) is 15.2 Å². The number of phenolic OH excluding ortho intramolecular Hbond substituents is 1. The zero-order valence-electron chi connectivity index (χ0n) is 6.53. The van der Waals surface area contributed by atoms with Crippen LogP contribution in [0.15, 0.2) is 21.5 Å². The van der Waals surface area contributed by atoms with Crippen LogP contribution in [0, 0.1) is 11.3 Å². The van der Waals surface area contributed by atoms with Crippen LogP contribution in [0.3, 0.4) is 0 Å².